The maximum absolute atomic E-state index is 12.8. The van der Waals surface area contributed by atoms with E-state index in [4.69, 9.17) is 4.74 Å². The van der Waals surface area contributed by atoms with Crippen molar-refractivity contribution in [3.8, 4) is 5.75 Å². The fourth-order valence-electron chi connectivity index (χ4n) is 2.75. The molecule has 7 nitrogen and oxygen atoms in total. The second kappa shape index (κ2) is 9.64. The number of anilines is 2. The monoisotopic (exact) mass is 391 g/mol. The number of carbonyl (C=O) groups is 1. The Hall–Kier alpha value is -3.48. The molecular weight excluding hydrogens is 366 g/mol. The molecule has 0 aliphatic rings. The third-order valence-corrected chi connectivity index (χ3v) is 4.23. The van der Waals surface area contributed by atoms with E-state index in [1.165, 1.54) is 6.33 Å². The van der Waals surface area contributed by atoms with Gasteiger partial charge in [0.25, 0.3) is 5.91 Å². The number of hydrogen-bond donors (Lipinski definition) is 1. The van der Waals surface area contributed by atoms with Gasteiger partial charge in [0, 0.05) is 32.1 Å². The summed E-state index contributed by atoms with van der Waals surface area (Å²) in [7, 11) is 1.77. The summed E-state index contributed by atoms with van der Waals surface area (Å²) in [5, 5.41) is 3.22. The van der Waals surface area contributed by atoms with Crippen molar-refractivity contribution in [2.45, 2.75) is 26.4 Å². The van der Waals surface area contributed by atoms with E-state index >= 15 is 0 Å². The fourth-order valence-corrected chi connectivity index (χ4v) is 2.75. The summed E-state index contributed by atoms with van der Waals surface area (Å²) in [4.78, 5) is 26.8. The average molecular weight is 391 g/mol. The minimum absolute atomic E-state index is 0.0505. The Bertz CT molecular complexity index is 947. The van der Waals surface area contributed by atoms with Crippen molar-refractivity contribution in [1.82, 2.24) is 19.9 Å². The third kappa shape index (κ3) is 5.75. The number of pyridine rings is 1. The Morgan fingerprint density at radius 2 is 1.90 bits per heavy atom. The predicted octanol–water partition coefficient (Wildman–Crippen LogP) is 3.72. The van der Waals surface area contributed by atoms with E-state index in [2.05, 4.69) is 20.3 Å². The van der Waals surface area contributed by atoms with Gasteiger partial charge in [0.15, 0.2) is 0 Å². The van der Waals surface area contributed by atoms with Crippen LogP contribution in [0.5, 0.6) is 5.75 Å². The van der Waals surface area contributed by atoms with Crippen molar-refractivity contribution in [3.63, 3.8) is 0 Å². The first-order chi connectivity index (χ1) is 14.0. The summed E-state index contributed by atoms with van der Waals surface area (Å²) >= 11 is 0. The van der Waals surface area contributed by atoms with Crippen LogP contribution in [0.2, 0.25) is 0 Å². The lowest BCUT2D eigenvalue weighted by Gasteiger charge is -2.17. The number of para-hydroxylation sites is 2. The molecule has 0 fully saturated rings. The lowest BCUT2D eigenvalue weighted by molar-refractivity contribution is 0.0790. The number of ether oxygens (including phenoxy) is 1. The van der Waals surface area contributed by atoms with E-state index < -0.39 is 0 Å². The second-order valence-electron chi connectivity index (χ2n) is 6.91. The van der Waals surface area contributed by atoms with Crippen LogP contribution in [-0.4, -0.2) is 45.5 Å². The number of carbonyl (C=O) groups excluding carboxylic acids is 1. The van der Waals surface area contributed by atoms with Crippen LogP contribution in [0.4, 0.5) is 11.5 Å². The van der Waals surface area contributed by atoms with E-state index in [1.54, 1.807) is 30.4 Å². The molecule has 3 rings (SSSR count). The van der Waals surface area contributed by atoms with Crippen LogP contribution in [-0.2, 0) is 6.42 Å². The van der Waals surface area contributed by atoms with Gasteiger partial charge >= 0.3 is 0 Å². The quantitative estimate of drug-likeness (QED) is 0.630. The normalized spacial score (nSPS) is 10.6. The molecule has 1 amide bonds. The Morgan fingerprint density at radius 1 is 1.14 bits per heavy atom. The van der Waals surface area contributed by atoms with Gasteiger partial charge in [0.2, 0.25) is 0 Å². The number of nitrogens with one attached hydrogen (secondary N) is 1. The molecule has 0 aliphatic heterocycles. The van der Waals surface area contributed by atoms with Gasteiger partial charge in [-0.3, -0.25) is 9.78 Å². The van der Waals surface area contributed by atoms with E-state index in [0.29, 0.717) is 18.1 Å². The zero-order valence-electron chi connectivity index (χ0n) is 16.9. The SMILES string of the molecule is CC(C)Oc1ccccc1Nc1cc(C(=O)N(C)CCc2ccncc2)ncn1. The van der Waals surface area contributed by atoms with E-state index in [1.807, 2.05) is 50.2 Å². The molecule has 0 bridgehead atoms. The molecule has 29 heavy (non-hydrogen) atoms. The molecule has 0 unspecified atom stereocenters. The molecule has 0 aliphatic carbocycles. The number of hydrogen-bond acceptors (Lipinski definition) is 6. The number of rotatable bonds is 8. The summed E-state index contributed by atoms with van der Waals surface area (Å²) in [6.07, 6.45) is 5.69. The summed E-state index contributed by atoms with van der Waals surface area (Å²) < 4.78 is 5.82. The van der Waals surface area contributed by atoms with Gasteiger partial charge in [0.1, 0.15) is 23.6 Å². The van der Waals surface area contributed by atoms with E-state index in [-0.39, 0.29) is 12.0 Å². The Kier molecular flexibility index (Phi) is 6.73. The highest BCUT2D eigenvalue weighted by atomic mass is 16.5. The zero-order valence-corrected chi connectivity index (χ0v) is 16.9. The van der Waals surface area contributed by atoms with Crippen molar-refractivity contribution >= 4 is 17.4 Å². The summed E-state index contributed by atoms with van der Waals surface area (Å²) in [5.74, 6) is 1.10. The molecule has 0 radical (unpaired) electrons. The Balaban J connectivity index is 1.68. The first-order valence-corrected chi connectivity index (χ1v) is 9.52. The fraction of sp³-hybridized carbons (Fsp3) is 0.273. The summed E-state index contributed by atoms with van der Waals surface area (Å²) in [6, 6.07) is 13.2. The number of benzene rings is 1. The molecule has 1 N–H and O–H groups in total. The van der Waals surface area contributed by atoms with Crippen LogP contribution in [0.3, 0.4) is 0 Å². The predicted molar refractivity (Wildman–Crippen MR) is 112 cm³/mol. The topological polar surface area (TPSA) is 80.2 Å². The van der Waals surface area contributed by atoms with Crippen LogP contribution in [0.15, 0.2) is 61.2 Å². The van der Waals surface area contributed by atoms with Gasteiger partial charge in [-0.2, -0.15) is 0 Å². The van der Waals surface area contributed by atoms with Gasteiger partial charge in [0.05, 0.1) is 11.8 Å². The van der Waals surface area contributed by atoms with Gasteiger partial charge < -0.3 is 15.0 Å². The average Bonchev–Trinajstić information content (AvgIpc) is 2.73. The molecular formula is C22H25N5O2. The molecule has 2 aromatic heterocycles. The number of amides is 1. The largest absolute Gasteiger partial charge is 0.489 e. The van der Waals surface area contributed by atoms with E-state index in [0.717, 1.165) is 23.4 Å². The molecule has 0 saturated carbocycles. The molecule has 3 aromatic rings. The van der Waals surface area contributed by atoms with Crippen LogP contribution in [0.1, 0.15) is 29.9 Å². The smallest absolute Gasteiger partial charge is 0.272 e. The minimum Gasteiger partial charge on any atom is -0.489 e. The second-order valence-corrected chi connectivity index (χ2v) is 6.91. The minimum atomic E-state index is -0.156. The molecule has 7 heteroatoms. The zero-order chi connectivity index (χ0) is 20.6. The molecule has 150 valence electrons. The summed E-state index contributed by atoms with van der Waals surface area (Å²) in [5.41, 5.74) is 2.25. The molecule has 0 atom stereocenters. The molecule has 0 saturated heterocycles. The van der Waals surface area contributed by atoms with Crippen LogP contribution >= 0.6 is 0 Å². The van der Waals surface area contributed by atoms with Crippen molar-refractivity contribution in [2.75, 3.05) is 18.9 Å². The van der Waals surface area contributed by atoms with E-state index in [9.17, 15) is 4.79 Å². The molecule has 1 aromatic carbocycles. The highest BCUT2D eigenvalue weighted by Gasteiger charge is 2.15. The standard InChI is InChI=1S/C22H25N5O2/c1-16(2)29-20-7-5-4-6-18(20)26-21-14-19(24-15-25-21)22(28)27(3)13-10-17-8-11-23-12-9-17/h4-9,11-12,14-16H,10,13H2,1-3H3,(H,24,25,26). The number of nitrogens with zero attached hydrogens (tertiary/aromatic N) is 4. The first kappa shape index (κ1) is 20.3. The maximum atomic E-state index is 12.8. The van der Waals surface area contributed by atoms with Crippen molar-refractivity contribution in [3.05, 3.63) is 72.4 Å². The van der Waals surface area contributed by atoms with Gasteiger partial charge in [-0.15, -0.1) is 0 Å². The highest BCUT2D eigenvalue weighted by Crippen LogP contribution is 2.27. The number of aromatic nitrogens is 3. The first-order valence-electron chi connectivity index (χ1n) is 9.52. The lowest BCUT2D eigenvalue weighted by Crippen LogP contribution is -2.29. The van der Waals surface area contributed by atoms with Crippen molar-refractivity contribution < 1.29 is 9.53 Å². The highest BCUT2D eigenvalue weighted by molar-refractivity contribution is 5.92. The van der Waals surface area contributed by atoms with Crippen LogP contribution in [0, 0.1) is 0 Å². The number of likely N-dealkylation sites (N-methyl/N-ethyl adjacent to an activating group) is 1. The molecule has 0 spiro atoms. The Morgan fingerprint density at radius 3 is 2.66 bits per heavy atom. The van der Waals surface area contributed by atoms with Crippen LogP contribution in [0.25, 0.3) is 0 Å². The van der Waals surface area contributed by atoms with Crippen molar-refractivity contribution in [1.29, 1.82) is 0 Å². The summed E-state index contributed by atoms with van der Waals surface area (Å²) in [6.45, 7) is 4.53. The van der Waals surface area contributed by atoms with Gasteiger partial charge in [-0.1, -0.05) is 12.1 Å². The van der Waals surface area contributed by atoms with Gasteiger partial charge in [-0.05, 0) is 50.1 Å². The van der Waals surface area contributed by atoms with Crippen LogP contribution < -0.4 is 10.1 Å². The van der Waals surface area contributed by atoms with Gasteiger partial charge in [-0.25, -0.2) is 9.97 Å². The lowest BCUT2D eigenvalue weighted by atomic mass is 10.2. The van der Waals surface area contributed by atoms with Crippen molar-refractivity contribution in [2.24, 2.45) is 0 Å². The third-order valence-electron chi connectivity index (χ3n) is 4.23. The molecule has 2 heterocycles. The maximum Gasteiger partial charge on any atom is 0.272 e. The Labute approximate surface area is 170 Å².